The maximum atomic E-state index is 12.5. The number of thiazole rings is 1. The molecule has 138 valence electrons. The second kappa shape index (κ2) is 8.65. The Hall–Kier alpha value is -1.63. The van der Waals surface area contributed by atoms with Gasteiger partial charge >= 0.3 is 6.09 Å². The van der Waals surface area contributed by atoms with Gasteiger partial charge in [-0.15, -0.1) is 0 Å². The molecule has 1 aromatic heterocycles. The second-order valence-electron chi connectivity index (χ2n) is 6.84. The van der Waals surface area contributed by atoms with Gasteiger partial charge in [0.25, 0.3) is 0 Å². The fourth-order valence-corrected chi connectivity index (χ4v) is 4.69. The van der Waals surface area contributed by atoms with E-state index < -0.39 is 6.09 Å². The summed E-state index contributed by atoms with van der Waals surface area (Å²) in [5.41, 5.74) is 0.994. The molecule has 0 unspecified atom stereocenters. The minimum absolute atomic E-state index is 0.254. The molecule has 0 spiro atoms. The van der Waals surface area contributed by atoms with Crippen molar-refractivity contribution < 1.29 is 14.3 Å². The summed E-state index contributed by atoms with van der Waals surface area (Å²) in [5, 5.41) is 3.21. The van der Waals surface area contributed by atoms with Crippen LogP contribution < -0.4 is 5.32 Å². The second-order valence-corrected chi connectivity index (χ2v) is 7.93. The topological polar surface area (TPSA) is 71.5 Å². The van der Waals surface area contributed by atoms with Crippen molar-refractivity contribution in [3.8, 4) is 0 Å². The van der Waals surface area contributed by atoms with Crippen molar-refractivity contribution in [2.45, 2.75) is 64.8 Å². The van der Waals surface area contributed by atoms with Gasteiger partial charge in [0, 0.05) is 24.3 Å². The van der Waals surface area contributed by atoms with Gasteiger partial charge in [0.05, 0.1) is 18.8 Å². The van der Waals surface area contributed by atoms with Gasteiger partial charge < -0.3 is 9.64 Å². The number of anilines is 1. The van der Waals surface area contributed by atoms with E-state index in [4.69, 9.17) is 4.74 Å². The third-order valence-corrected chi connectivity index (χ3v) is 6.06. The molecule has 0 bridgehead atoms. The summed E-state index contributed by atoms with van der Waals surface area (Å²) in [7, 11) is 0. The van der Waals surface area contributed by atoms with Gasteiger partial charge in [0.15, 0.2) is 5.13 Å². The number of rotatable bonds is 5. The number of fused-ring (bicyclic) bond motifs is 1. The molecule has 2 amide bonds. The average Bonchev–Trinajstić information content (AvgIpc) is 3.02. The third kappa shape index (κ3) is 4.93. The highest BCUT2D eigenvalue weighted by atomic mass is 32.1. The monoisotopic (exact) mass is 365 g/mol. The minimum atomic E-state index is -0.478. The Labute approximate surface area is 153 Å². The van der Waals surface area contributed by atoms with Gasteiger partial charge in [0.2, 0.25) is 5.91 Å². The number of carbonyl (C=O) groups excluding carboxylic acids is 2. The van der Waals surface area contributed by atoms with E-state index in [9.17, 15) is 9.59 Å². The molecule has 0 aromatic carbocycles. The fraction of sp³-hybridized carbons (Fsp3) is 0.722. The van der Waals surface area contributed by atoms with Crippen LogP contribution in [0.2, 0.25) is 0 Å². The molecule has 1 aliphatic heterocycles. The highest BCUT2D eigenvalue weighted by molar-refractivity contribution is 7.15. The molecule has 1 saturated carbocycles. The lowest BCUT2D eigenvalue weighted by atomic mass is 9.86. The first-order valence-electron chi connectivity index (χ1n) is 9.36. The summed E-state index contributed by atoms with van der Waals surface area (Å²) in [6.45, 7) is 3.43. The summed E-state index contributed by atoms with van der Waals surface area (Å²) in [5.74, 6) is 0.992. The standard InChI is InChI=1S/C18H27N3O3S/c1-2-24-18(23)20-17-19-14-10-11-21(12-15(14)25-17)16(22)9-8-13-6-4-3-5-7-13/h13H,2-12H2,1H3,(H,19,20,23). The third-order valence-electron chi connectivity index (χ3n) is 5.06. The first-order valence-corrected chi connectivity index (χ1v) is 10.2. The van der Waals surface area contributed by atoms with Gasteiger partial charge in [0.1, 0.15) is 0 Å². The van der Waals surface area contributed by atoms with Crippen molar-refractivity contribution in [2.24, 2.45) is 5.92 Å². The summed E-state index contributed by atoms with van der Waals surface area (Å²) in [6.07, 6.45) is 8.54. The minimum Gasteiger partial charge on any atom is -0.450 e. The van der Waals surface area contributed by atoms with E-state index in [0.29, 0.717) is 24.7 Å². The highest BCUT2D eigenvalue weighted by Crippen LogP contribution is 2.30. The van der Waals surface area contributed by atoms with Gasteiger partial charge in [-0.05, 0) is 19.3 Å². The number of ether oxygens (including phenoxy) is 1. The van der Waals surface area contributed by atoms with E-state index in [1.54, 1.807) is 6.92 Å². The molecule has 2 heterocycles. The lowest BCUT2D eigenvalue weighted by molar-refractivity contribution is -0.132. The molecule has 2 aliphatic rings. The van der Waals surface area contributed by atoms with Gasteiger partial charge in [-0.25, -0.2) is 9.78 Å². The number of hydrogen-bond acceptors (Lipinski definition) is 5. The Kier molecular flexibility index (Phi) is 6.29. The fourth-order valence-electron chi connectivity index (χ4n) is 3.68. The van der Waals surface area contributed by atoms with Crippen LogP contribution in [0.5, 0.6) is 0 Å². The van der Waals surface area contributed by atoms with Crippen molar-refractivity contribution in [1.82, 2.24) is 9.88 Å². The summed E-state index contributed by atoms with van der Waals surface area (Å²) >= 11 is 1.44. The Morgan fingerprint density at radius 1 is 1.32 bits per heavy atom. The van der Waals surface area contributed by atoms with Crippen molar-refractivity contribution in [3.05, 3.63) is 10.6 Å². The van der Waals surface area contributed by atoms with Crippen molar-refractivity contribution >= 4 is 28.5 Å². The number of carbonyl (C=O) groups is 2. The SMILES string of the molecule is CCOC(=O)Nc1nc2c(s1)CN(C(=O)CCC1CCCCC1)CC2. The Balaban J connectivity index is 1.50. The van der Waals surface area contributed by atoms with Crippen LogP contribution in [0.3, 0.4) is 0 Å². The number of aromatic nitrogens is 1. The van der Waals surface area contributed by atoms with Crippen LogP contribution in [0.4, 0.5) is 9.93 Å². The Morgan fingerprint density at radius 3 is 2.88 bits per heavy atom. The molecule has 1 aromatic rings. The first kappa shape index (κ1) is 18.2. The predicted molar refractivity (Wildman–Crippen MR) is 97.7 cm³/mol. The predicted octanol–water partition coefficient (Wildman–Crippen LogP) is 3.96. The quantitative estimate of drug-likeness (QED) is 0.857. The summed E-state index contributed by atoms with van der Waals surface area (Å²) in [4.78, 5) is 31.5. The van der Waals surface area contributed by atoms with Crippen LogP contribution in [0.15, 0.2) is 0 Å². The molecule has 6 nitrogen and oxygen atoms in total. The highest BCUT2D eigenvalue weighted by Gasteiger charge is 2.25. The van der Waals surface area contributed by atoms with Crippen LogP contribution in [0, 0.1) is 5.92 Å². The molecular formula is C18H27N3O3S. The molecule has 0 radical (unpaired) electrons. The molecule has 25 heavy (non-hydrogen) atoms. The van der Waals surface area contributed by atoms with Crippen LogP contribution >= 0.6 is 11.3 Å². The van der Waals surface area contributed by atoms with Crippen molar-refractivity contribution in [2.75, 3.05) is 18.5 Å². The Bertz CT molecular complexity index is 611. The number of amides is 2. The Morgan fingerprint density at radius 2 is 2.12 bits per heavy atom. The summed E-state index contributed by atoms with van der Waals surface area (Å²) in [6, 6.07) is 0. The zero-order chi connectivity index (χ0) is 17.6. The van der Waals surface area contributed by atoms with Crippen molar-refractivity contribution in [3.63, 3.8) is 0 Å². The molecule has 0 saturated heterocycles. The molecule has 1 fully saturated rings. The molecule has 3 rings (SSSR count). The van der Waals surface area contributed by atoms with Gasteiger partial charge in [-0.2, -0.15) is 0 Å². The average molecular weight is 365 g/mol. The van der Waals surface area contributed by atoms with Gasteiger partial charge in [-0.1, -0.05) is 43.4 Å². The van der Waals surface area contributed by atoms with Crippen LogP contribution in [0.1, 0.15) is 62.4 Å². The summed E-state index contributed by atoms with van der Waals surface area (Å²) < 4.78 is 4.88. The molecule has 7 heteroatoms. The zero-order valence-electron chi connectivity index (χ0n) is 14.9. The zero-order valence-corrected chi connectivity index (χ0v) is 15.7. The van der Waals surface area contributed by atoms with Crippen LogP contribution in [0.25, 0.3) is 0 Å². The van der Waals surface area contributed by atoms with E-state index in [1.807, 2.05) is 4.90 Å². The van der Waals surface area contributed by atoms with E-state index >= 15 is 0 Å². The lowest BCUT2D eigenvalue weighted by Crippen LogP contribution is -2.35. The van der Waals surface area contributed by atoms with E-state index in [0.717, 1.165) is 35.9 Å². The molecule has 0 atom stereocenters. The number of nitrogens with zero attached hydrogens (tertiary/aromatic N) is 2. The first-order chi connectivity index (χ1) is 12.2. The van der Waals surface area contributed by atoms with Crippen LogP contribution in [-0.2, 0) is 22.5 Å². The van der Waals surface area contributed by atoms with E-state index in [2.05, 4.69) is 10.3 Å². The largest absolute Gasteiger partial charge is 0.450 e. The van der Waals surface area contributed by atoms with Crippen LogP contribution in [-0.4, -0.2) is 35.0 Å². The van der Waals surface area contributed by atoms with Gasteiger partial charge in [-0.3, -0.25) is 10.1 Å². The molecular weight excluding hydrogens is 338 g/mol. The van der Waals surface area contributed by atoms with E-state index in [1.165, 1.54) is 43.4 Å². The number of nitrogens with one attached hydrogen (secondary N) is 1. The number of hydrogen-bond donors (Lipinski definition) is 1. The normalized spacial score (nSPS) is 17.9. The lowest BCUT2D eigenvalue weighted by Gasteiger charge is -2.27. The smallest absolute Gasteiger partial charge is 0.413 e. The molecule has 1 aliphatic carbocycles. The molecule has 1 N–H and O–H groups in total. The maximum absolute atomic E-state index is 12.5. The van der Waals surface area contributed by atoms with E-state index in [-0.39, 0.29) is 5.91 Å². The van der Waals surface area contributed by atoms with Crippen molar-refractivity contribution in [1.29, 1.82) is 0 Å². The maximum Gasteiger partial charge on any atom is 0.413 e.